The maximum absolute atomic E-state index is 11.8. The Bertz CT molecular complexity index is 473. The summed E-state index contributed by atoms with van der Waals surface area (Å²) in [5, 5.41) is 0. The summed E-state index contributed by atoms with van der Waals surface area (Å²) in [5.41, 5.74) is 0.884. The van der Waals surface area contributed by atoms with Gasteiger partial charge in [-0.3, -0.25) is 11.1 Å². The van der Waals surface area contributed by atoms with Gasteiger partial charge >= 0.3 is 51.0 Å². The molecule has 4 nitrogen and oxygen atoms in total. The third kappa shape index (κ3) is 23.6. The predicted octanol–water partition coefficient (Wildman–Crippen LogP) is 6.03. The summed E-state index contributed by atoms with van der Waals surface area (Å²) in [4.78, 5) is 11.8. The molecule has 0 saturated heterocycles. The van der Waals surface area contributed by atoms with Gasteiger partial charge in [0.2, 0.25) is 0 Å². The van der Waals surface area contributed by atoms with E-state index >= 15 is 0 Å². The summed E-state index contributed by atoms with van der Waals surface area (Å²) >= 11 is 1.50. The summed E-state index contributed by atoms with van der Waals surface area (Å²) < 4.78 is 22.5. The molecule has 1 aromatic carbocycles. The van der Waals surface area contributed by atoms with E-state index in [4.69, 9.17) is 14.0 Å². The van der Waals surface area contributed by atoms with Crippen molar-refractivity contribution in [3.8, 4) is 0 Å². The van der Waals surface area contributed by atoms with Gasteiger partial charge in [0.15, 0.2) is 5.78 Å². The Morgan fingerprint density at radius 3 is 1.48 bits per heavy atom. The van der Waals surface area contributed by atoms with Crippen LogP contribution >= 0.6 is 11.8 Å². The first-order valence-electron chi connectivity index (χ1n) is 8.78. The average molecular weight is 501 g/mol. The molecule has 0 heterocycles. The smallest absolute Gasteiger partial charge is 0.357 e. The Hall–Kier alpha value is -0.501. The summed E-state index contributed by atoms with van der Waals surface area (Å²) in [7, 11) is 0. The maximum Gasteiger partial charge on any atom is 2.00 e. The van der Waals surface area contributed by atoms with Crippen molar-refractivity contribution in [3.63, 3.8) is 0 Å². The molecule has 0 radical (unpaired) electrons. The van der Waals surface area contributed by atoms with Gasteiger partial charge in [-0.2, -0.15) is 0 Å². The van der Waals surface area contributed by atoms with Crippen LogP contribution in [-0.4, -0.2) is 12.0 Å². The molecule has 0 amide bonds. The molecular weight excluding hydrogens is 472 g/mol. The standard InChI is InChI=1S/C12H14O.C5H10.C2H5S.3CO.2Fe/c13-12(11-8-4-5-9-11)10-6-2-1-3-7-10;1-2-4-5-3-1;1-3-2;3*1-2;;/h1-3,6-7,11H,4-5,8-9H2;1-5H2;1H2,2H3;;;;;/q;;-1;;;;;+2. The van der Waals surface area contributed by atoms with Crippen LogP contribution in [0.1, 0.15) is 68.1 Å². The van der Waals surface area contributed by atoms with Crippen LogP contribution in [0, 0.1) is 32.1 Å². The van der Waals surface area contributed by atoms with Crippen molar-refractivity contribution in [2.75, 3.05) is 6.26 Å². The zero-order valence-corrected chi connectivity index (χ0v) is 19.8. The Kier molecular flexibility index (Phi) is 47.1. The quantitative estimate of drug-likeness (QED) is 0.215. The van der Waals surface area contributed by atoms with Crippen LogP contribution in [-0.2, 0) is 48.1 Å². The molecule has 0 bridgehead atoms. The fourth-order valence-corrected chi connectivity index (χ4v) is 2.91. The van der Waals surface area contributed by atoms with Gasteiger partial charge in [-0.15, -0.1) is 0 Å². The van der Waals surface area contributed by atoms with Crippen LogP contribution in [0.25, 0.3) is 0 Å². The molecule has 3 rings (SSSR count). The zero-order valence-electron chi connectivity index (χ0n) is 16.8. The van der Waals surface area contributed by atoms with Gasteiger partial charge < -0.3 is 11.8 Å². The number of ketones is 1. The van der Waals surface area contributed by atoms with Crippen molar-refractivity contribution >= 4 is 17.5 Å². The van der Waals surface area contributed by atoms with Crippen LogP contribution in [0.4, 0.5) is 0 Å². The number of thioether (sulfide) groups is 1. The summed E-state index contributed by atoms with van der Waals surface area (Å²) in [6.07, 6.45) is 17.5. The molecule has 7 heteroatoms. The van der Waals surface area contributed by atoms with E-state index in [9.17, 15) is 4.79 Å². The largest absolute Gasteiger partial charge is 2.00 e. The molecule has 0 spiro atoms. The second kappa shape index (κ2) is 35.0. The Labute approximate surface area is 201 Å². The van der Waals surface area contributed by atoms with E-state index in [1.807, 2.05) is 36.6 Å². The molecule has 2 fully saturated rings. The fourth-order valence-electron chi connectivity index (χ4n) is 2.91. The first-order chi connectivity index (χ1) is 13.3. The van der Waals surface area contributed by atoms with Crippen LogP contribution in [0.2, 0.25) is 0 Å². The molecule has 29 heavy (non-hydrogen) atoms. The van der Waals surface area contributed by atoms with E-state index < -0.39 is 0 Å². The molecule has 0 N–H and O–H groups in total. The molecule has 0 aliphatic heterocycles. The van der Waals surface area contributed by atoms with Crippen LogP contribution in [0.3, 0.4) is 0 Å². The van der Waals surface area contributed by atoms with E-state index in [-0.39, 0.29) is 34.1 Å². The van der Waals surface area contributed by atoms with Gasteiger partial charge in [0.25, 0.3) is 0 Å². The van der Waals surface area contributed by atoms with Gasteiger partial charge in [-0.1, -0.05) is 75.3 Å². The molecule has 0 atom stereocenters. The van der Waals surface area contributed by atoms with Crippen molar-refractivity contribution < 1.29 is 52.9 Å². The van der Waals surface area contributed by atoms with Gasteiger partial charge in [-0.05, 0) is 19.1 Å². The minimum Gasteiger partial charge on any atom is -0.357 e. The third-order valence-corrected chi connectivity index (χ3v) is 4.03. The number of benzene rings is 1. The second-order valence-electron chi connectivity index (χ2n) is 5.77. The Balaban J connectivity index is -0.000000102. The monoisotopic (exact) mass is 501 g/mol. The minimum atomic E-state index is 0. The number of rotatable bonds is 2. The molecule has 2 aliphatic carbocycles. The predicted molar refractivity (Wildman–Crippen MR) is 106 cm³/mol. The van der Waals surface area contributed by atoms with E-state index in [0.29, 0.717) is 11.7 Å². The molecule has 2 aliphatic rings. The van der Waals surface area contributed by atoms with Gasteiger partial charge in [0.05, 0.1) is 0 Å². The SMILES string of the molecule is C1CCCC1.O=C(c1ccccc1)C1CCCC1.[C-]#[O+].[C-]#[O+].[C-]#[O+].[CH2-]SC.[Fe+2].[Fe]. The van der Waals surface area contributed by atoms with Crippen LogP contribution < -0.4 is 0 Å². The minimum absolute atomic E-state index is 0. The first kappa shape index (κ1) is 39.0. The molecule has 0 aromatic heterocycles. The van der Waals surface area contributed by atoms with Gasteiger partial charge in [0, 0.05) is 28.6 Å². The second-order valence-corrected chi connectivity index (χ2v) is 6.35. The van der Waals surface area contributed by atoms with Crippen LogP contribution in [0.5, 0.6) is 0 Å². The maximum atomic E-state index is 11.8. The van der Waals surface area contributed by atoms with Crippen molar-refractivity contribution in [1.82, 2.24) is 0 Å². The first-order valence-corrected chi connectivity index (χ1v) is 10.2. The molecular formula is C22H29Fe2O4S+. The number of Topliss-reactive ketones (excluding diaryl/α,β-unsaturated/α-hetero) is 1. The number of hydrogen-bond donors (Lipinski definition) is 0. The normalized spacial score (nSPS) is 12.8. The van der Waals surface area contributed by atoms with Crippen molar-refractivity contribution in [2.45, 2.75) is 57.8 Å². The van der Waals surface area contributed by atoms with Crippen molar-refractivity contribution in [3.05, 3.63) is 62.1 Å². The summed E-state index contributed by atoms with van der Waals surface area (Å²) in [5.74, 6) is 0.653. The molecule has 1 aromatic rings. The average Bonchev–Trinajstić information content (AvgIpc) is 3.50. The Morgan fingerprint density at radius 1 is 0.862 bits per heavy atom. The number of hydrogen-bond acceptors (Lipinski definition) is 2. The fraction of sp³-hybridized carbons (Fsp3) is 0.500. The van der Waals surface area contributed by atoms with Crippen molar-refractivity contribution in [1.29, 1.82) is 0 Å². The zero-order chi connectivity index (χ0) is 21.3. The van der Waals surface area contributed by atoms with E-state index in [1.54, 1.807) is 0 Å². The van der Waals surface area contributed by atoms with Gasteiger partial charge in [0.1, 0.15) is 0 Å². The number of carbonyl (C=O) groups excluding carboxylic acids is 1. The topological polar surface area (TPSA) is 76.8 Å². The van der Waals surface area contributed by atoms with Crippen LogP contribution in [0.15, 0.2) is 30.3 Å². The third-order valence-electron chi connectivity index (χ3n) is 4.03. The Morgan fingerprint density at radius 2 is 1.17 bits per heavy atom. The summed E-state index contributed by atoms with van der Waals surface area (Å²) in [6.45, 7) is 13.5. The molecule has 162 valence electrons. The van der Waals surface area contributed by atoms with Gasteiger partial charge in [-0.25, -0.2) is 0 Å². The van der Waals surface area contributed by atoms with E-state index in [1.165, 1.54) is 56.7 Å². The molecule has 0 unspecified atom stereocenters. The van der Waals surface area contributed by atoms with E-state index in [0.717, 1.165) is 18.4 Å². The number of carbonyl (C=O) groups is 1. The molecule has 2 saturated carbocycles. The van der Waals surface area contributed by atoms with Crippen molar-refractivity contribution in [2.24, 2.45) is 5.92 Å². The summed E-state index contributed by atoms with van der Waals surface area (Å²) in [6, 6.07) is 9.65. The van der Waals surface area contributed by atoms with E-state index in [2.05, 4.69) is 26.2 Å².